The maximum absolute atomic E-state index is 13.9. The molecule has 1 amide bonds. The Morgan fingerprint density at radius 3 is 2.48 bits per heavy atom. The van der Waals surface area contributed by atoms with Crippen molar-refractivity contribution in [3.05, 3.63) is 35.4 Å². The van der Waals surface area contributed by atoms with Crippen LogP contribution in [0.1, 0.15) is 37.3 Å². The normalized spacial score (nSPS) is 16.7. The van der Waals surface area contributed by atoms with Crippen molar-refractivity contribution in [2.45, 2.75) is 37.8 Å². The second-order valence-corrected chi connectivity index (χ2v) is 6.14. The Morgan fingerprint density at radius 2 is 1.91 bits per heavy atom. The lowest BCUT2D eigenvalue weighted by molar-refractivity contribution is -0.127. The lowest BCUT2D eigenvalue weighted by Gasteiger charge is -2.26. The lowest BCUT2D eigenvalue weighted by Crippen LogP contribution is -2.37. The maximum Gasteiger partial charge on any atom is 0.246 e. The number of nitrogens with zero attached hydrogens (tertiary/aromatic N) is 1. The second-order valence-electron chi connectivity index (χ2n) is 6.14. The van der Waals surface area contributed by atoms with Crippen molar-refractivity contribution < 1.29 is 18.3 Å². The molecule has 1 N–H and O–H groups in total. The summed E-state index contributed by atoms with van der Waals surface area (Å²) in [6.45, 7) is 0.113. The molecular formula is C17H24F2N2O2. The molecule has 0 spiro atoms. The van der Waals surface area contributed by atoms with Gasteiger partial charge >= 0.3 is 0 Å². The number of nitrogens with one attached hydrogen (secondary N) is 1. The van der Waals surface area contributed by atoms with Gasteiger partial charge in [0.05, 0.1) is 12.1 Å². The van der Waals surface area contributed by atoms with E-state index in [2.05, 4.69) is 5.32 Å². The van der Waals surface area contributed by atoms with Crippen LogP contribution in [-0.2, 0) is 9.53 Å². The molecule has 1 atom stereocenters. The third kappa shape index (κ3) is 4.97. The summed E-state index contributed by atoms with van der Waals surface area (Å²) in [6.07, 6.45) is 4.43. The smallest absolute Gasteiger partial charge is 0.246 e. The molecule has 1 saturated carbocycles. The molecule has 0 saturated heterocycles. The first kappa shape index (κ1) is 17.8. The van der Waals surface area contributed by atoms with Gasteiger partial charge in [0.25, 0.3) is 0 Å². The van der Waals surface area contributed by atoms with Gasteiger partial charge in [0, 0.05) is 12.1 Å². The molecule has 1 unspecified atom stereocenters. The van der Waals surface area contributed by atoms with Crippen LogP contribution in [0.15, 0.2) is 18.2 Å². The van der Waals surface area contributed by atoms with Crippen LogP contribution in [0.2, 0.25) is 0 Å². The number of likely N-dealkylation sites (N-methyl/N-ethyl adjacent to an activating group) is 1. The molecule has 0 aliphatic heterocycles. The molecule has 0 radical (unpaired) electrons. The predicted molar refractivity (Wildman–Crippen MR) is 84.0 cm³/mol. The number of hydrogen-bond donors (Lipinski definition) is 1. The first-order valence-electron chi connectivity index (χ1n) is 7.97. The Bertz CT molecular complexity index is 511. The van der Waals surface area contributed by atoms with E-state index in [0.29, 0.717) is 0 Å². The van der Waals surface area contributed by atoms with Gasteiger partial charge in [-0.2, -0.15) is 0 Å². The van der Waals surface area contributed by atoms with Crippen molar-refractivity contribution in [1.82, 2.24) is 10.2 Å². The molecule has 4 nitrogen and oxygen atoms in total. The summed E-state index contributed by atoms with van der Waals surface area (Å²) >= 11 is 0. The highest BCUT2D eigenvalue weighted by molar-refractivity contribution is 5.77. The highest BCUT2D eigenvalue weighted by Crippen LogP contribution is 2.24. The average molecular weight is 326 g/mol. The SMILES string of the molecule is CN(C)C(CNC(=O)COC1CCCC1)c1c(F)cccc1F. The van der Waals surface area contributed by atoms with E-state index in [1.807, 2.05) is 0 Å². The number of carbonyl (C=O) groups is 1. The van der Waals surface area contributed by atoms with E-state index in [1.54, 1.807) is 19.0 Å². The summed E-state index contributed by atoms with van der Waals surface area (Å²) in [5.41, 5.74) is -0.0329. The zero-order chi connectivity index (χ0) is 16.8. The van der Waals surface area contributed by atoms with Crippen molar-refractivity contribution in [2.24, 2.45) is 0 Å². The van der Waals surface area contributed by atoms with E-state index in [-0.39, 0.29) is 30.7 Å². The van der Waals surface area contributed by atoms with E-state index in [4.69, 9.17) is 4.74 Å². The molecule has 128 valence electrons. The molecule has 23 heavy (non-hydrogen) atoms. The Morgan fingerprint density at radius 1 is 1.30 bits per heavy atom. The van der Waals surface area contributed by atoms with Crippen molar-refractivity contribution in [2.75, 3.05) is 27.2 Å². The fourth-order valence-electron chi connectivity index (χ4n) is 2.88. The minimum absolute atomic E-state index is 0.00936. The molecule has 2 rings (SSSR count). The monoisotopic (exact) mass is 326 g/mol. The fraction of sp³-hybridized carbons (Fsp3) is 0.588. The number of carbonyl (C=O) groups excluding carboxylic acids is 1. The zero-order valence-corrected chi connectivity index (χ0v) is 13.6. The molecule has 0 heterocycles. The van der Waals surface area contributed by atoms with Gasteiger partial charge in [0.2, 0.25) is 5.91 Å². The van der Waals surface area contributed by atoms with Gasteiger partial charge in [-0.1, -0.05) is 18.9 Å². The Labute approximate surface area is 135 Å². The van der Waals surface area contributed by atoms with E-state index >= 15 is 0 Å². The van der Waals surface area contributed by atoms with E-state index < -0.39 is 17.7 Å². The van der Waals surface area contributed by atoms with Crippen LogP contribution >= 0.6 is 0 Å². The average Bonchev–Trinajstić information content (AvgIpc) is 3.01. The third-order valence-corrected chi connectivity index (χ3v) is 4.20. The molecule has 1 aliphatic carbocycles. The summed E-state index contributed by atoms with van der Waals surface area (Å²) in [6, 6.07) is 3.20. The molecular weight excluding hydrogens is 302 g/mol. The minimum atomic E-state index is -0.611. The Balaban J connectivity index is 1.90. The molecule has 1 aromatic carbocycles. The van der Waals surface area contributed by atoms with Gasteiger partial charge in [-0.05, 0) is 39.1 Å². The number of halogens is 2. The largest absolute Gasteiger partial charge is 0.368 e. The topological polar surface area (TPSA) is 41.6 Å². The van der Waals surface area contributed by atoms with Crippen LogP contribution in [0.3, 0.4) is 0 Å². The fourth-order valence-corrected chi connectivity index (χ4v) is 2.88. The van der Waals surface area contributed by atoms with Gasteiger partial charge in [0.1, 0.15) is 18.2 Å². The summed E-state index contributed by atoms with van der Waals surface area (Å²) in [4.78, 5) is 13.6. The van der Waals surface area contributed by atoms with Crippen molar-refractivity contribution >= 4 is 5.91 Å². The zero-order valence-electron chi connectivity index (χ0n) is 13.6. The van der Waals surface area contributed by atoms with Gasteiger partial charge in [-0.3, -0.25) is 4.79 Å². The second kappa shape index (κ2) is 8.36. The lowest BCUT2D eigenvalue weighted by atomic mass is 10.0. The van der Waals surface area contributed by atoms with Crippen LogP contribution in [-0.4, -0.2) is 44.2 Å². The Kier molecular flexibility index (Phi) is 6.47. The van der Waals surface area contributed by atoms with Gasteiger partial charge in [0.15, 0.2) is 0 Å². The number of amides is 1. The number of ether oxygens (including phenoxy) is 1. The van der Waals surface area contributed by atoms with Crippen LogP contribution in [0.4, 0.5) is 8.78 Å². The molecule has 1 aliphatic rings. The van der Waals surface area contributed by atoms with Crippen molar-refractivity contribution in [1.29, 1.82) is 0 Å². The van der Waals surface area contributed by atoms with Crippen LogP contribution in [0.5, 0.6) is 0 Å². The van der Waals surface area contributed by atoms with Gasteiger partial charge in [-0.25, -0.2) is 8.78 Å². The first-order valence-corrected chi connectivity index (χ1v) is 7.97. The summed E-state index contributed by atoms with van der Waals surface area (Å²) < 4.78 is 33.4. The number of hydrogen-bond acceptors (Lipinski definition) is 3. The first-order chi connectivity index (χ1) is 11.0. The van der Waals surface area contributed by atoms with Crippen LogP contribution in [0, 0.1) is 11.6 Å². The van der Waals surface area contributed by atoms with Crippen molar-refractivity contribution in [3.8, 4) is 0 Å². The summed E-state index contributed by atoms with van der Waals surface area (Å²) in [5.74, 6) is -1.49. The standard InChI is InChI=1S/C17H24F2N2O2/c1-21(2)15(17-13(18)8-5-9-14(17)19)10-20-16(22)11-23-12-6-3-4-7-12/h5,8-9,12,15H,3-4,6-7,10-11H2,1-2H3,(H,20,22). The van der Waals surface area contributed by atoms with E-state index in [9.17, 15) is 13.6 Å². The van der Waals surface area contributed by atoms with Gasteiger partial charge < -0.3 is 15.0 Å². The Hall–Kier alpha value is -1.53. The minimum Gasteiger partial charge on any atom is -0.368 e. The molecule has 1 aromatic rings. The molecule has 1 fully saturated rings. The summed E-state index contributed by atoms with van der Waals surface area (Å²) in [5, 5.41) is 2.70. The van der Waals surface area contributed by atoms with Gasteiger partial charge in [-0.15, -0.1) is 0 Å². The van der Waals surface area contributed by atoms with Crippen LogP contribution < -0.4 is 5.32 Å². The predicted octanol–water partition coefficient (Wildman–Crippen LogP) is 2.64. The van der Waals surface area contributed by atoms with E-state index in [0.717, 1.165) is 25.7 Å². The van der Waals surface area contributed by atoms with E-state index in [1.165, 1.54) is 18.2 Å². The van der Waals surface area contributed by atoms with Crippen molar-refractivity contribution in [3.63, 3.8) is 0 Å². The molecule has 6 heteroatoms. The molecule has 0 bridgehead atoms. The summed E-state index contributed by atoms with van der Waals surface area (Å²) in [7, 11) is 3.44. The third-order valence-electron chi connectivity index (χ3n) is 4.20. The van der Waals surface area contributed by atoms with Crippen LogP contribution in [0.25, 0.3) is 0 Å². The quantitative estimate of drug-likeness (QED) is 0.837. The molecule has 0 aromatic heterocycles. The number of benzene rings is 1. The number of rotatable bonds is 7. The maximum atomic E-state index is 13.9. The highest BCUT2D eigenvalue weighted by atomic mass is 19.1. The highest BCUT2D eigenvalue weighted by Gasteiger charge is 2.23.